The monoisotopic (exact) mass is 433 g/mol. The van der Waals surface area contributed by atoms with Gasteiger partial charge >= 0.3 is 0 Å². The summed E-state index contributed by atoms with van der Waals surface area (Å²) < 4.78 is 11.1. The Bertz CT molecular complexity index is 490. The van der Waals surface area contributed by atoms with E-state index in [1.54, 1.807) is 7.11 Å². The lowest BCUT2D eigenvalue weighted by molar-refractivity contribution is 0.228. The van der Waals surface area contributed by atoms with Crippen molar-refractivity contribution in [2.75, 3.05) is 33.3 Å². The molecule has 1 atom stereocenters. The van der Waals surface area contributed by atoms with E-state index in [2.05, 4.69) is 17.1 Å². The van der Waals surface area contributed by atoms with Crippen LogP contribution in [0.4, 0.5) is 0 Å². The zero-order valence-electron chi connectivity index (χ0n) is 14.2. The van der Waals surface area contributed by atoms with Crippen LogP contribution in [0.15, 0.2) is 29.3 Å². The standard InChI is InChI=1S/C17H27N3O2.HI/c1-4-18-17(20-10-5-6-11-20)19-13-14(2)22-16-9-7-8-15(12-16)21-3;/h7-9,12,14H,4-6,10-11,13H2,1-3H3,(H,18,19);1H. The third-order valence-corrected chi connectivity index (χ3v) is 3.62. The summed E-state index contributed by atoms with van der Waals surface area (Å²) in [6, 6.07) is 7.67. The summed E-state index contributed by atoms with van der Waals surface area (Å²) in [5.74, 6) is 2.62. The van der Waals surface area contributed by atoms with Crippen molar-refractivity contribution in [2.45, 2.75) is 32.8 Å². The smallest absolute Gasteiger partial charge is 0.194 e. The van der Waals surface area contributed by atoms with E-state index < -0.39 is 0 Å². The van der Waals surface area contributed by atoms with Crippen LogP contribution in [0.2, 0.25) is 0 Å². The molecular weight excluding hydrogens is 405 g/mol. The Balaban J connectivity index is 0.00000264. The maximum Gasteiger partial charge on any atom is 0.194 e. The molecule has 1 saturated heterocycles. The van der Waals surface area contributed by atoms with Gasteiger partial charge in [0.2, 0.25) is 0 Å². The van der Waals surface area contributed by atoms with Crippen LogP contribution in [0.3, 0.4) is 0 Å². The molecule has 0 amide bonds. The molecule has 0 aromatic heterocycles. The van der Waals surface area contributed by atoms with E-state index in [-0.39, 0.29) is 30.1 Å². The molecule has 1 aromatic rings. The topological polar surface area (TPSA) is 46.1 Å². The summed E-state index contributed by atoms with van der Waals surface area (Å²) >= 11 is 0. The number of likely N-dealkylation sites (tertiary alicyclic amines) is 1. The number of guanidine groups is 1. The first-order chi connectivity index (χ1) is 10.7. The van der Waals surface area contributed by atoms with Crippen molar-refractivity contribution in [1.82, 2.24) is 10.2 Å². The first-order valence-corrected chi connectivity index (χ1v) is 8.07. The lowest BCUT2D eigenvalue weighted by atomic mass is 10.3. The molecule has 1 aromatic carbocycles. The molecule has 1 heterocycles. The quantitative estimate of drug-likeness (QED) is 0.426. The predicted octanol–water partition coefficient (Wildman–Crippen LogP) is 3.14. The van der Waals surface area contributed by atoms with E-state index >= 15 is 0 Å². The molecule has 2 rings (SSSR count). The van der Waals surface area contributed by atoms with Crippen LogP contribution < -0.4 is 14.8 Å². The number of hydrogen-bond donors (Lipinski definition) is 1. The van der Waals surface area contributed by atoms with Gasteiger partial charge in [0.05, 0.1) is 13.7 Å². The van der Waals surface area contributed by atoms with Crippen LogP contribution in [0.1, 0.15) is 26.7 Å². The highest BCUT2D eigenvalue weighted by Crippen LogP contribution is 2.20. The van der Waals surface area contributed by atoms with Crippen LogP contribution in [0.5, 0.6) is 11.5 Å². The predicted molar refractivity (Wildman–Crippen MR) is 105 cm³/mol. The third kappa shape index (κ3) is 6.45. The first kappa shape index (κ1) is 19.9. The zero-order chi connectivity index (χ0) is 15.8. The SMILES string of the molecule is CCNC(=NCC(C)Oc1cccc(OC)c1)N1CCCC1.I. The minimum absolute atomic E-state index is 0. The first-order valence-electron chi connectivity index (χ1n) is 8.07. The van der Waals surface area contributed by atoms with Crippen molar-refractivity contribution in [3.05, 3.63) is 24.3 Å². The van der Waals surface area contributed by atoms with Gasteiger partial charge in [-0.05, 0) is 38.8 Å². The van der Waals surface area contributed by atoms with Gasteiger partial charge in [-0.15, -0.1) is 24.0 Å². The normalized spacial score (nSPS) is 15.8. The summed E-state index contributed by atoms with van der Waals surface area (Å²) in [4.78, 5) is 7.03. The maximum absolute atomic E-state index is 5.91. The van der Waals surface area contributed by atoms with E-state index in [1.165, 1.54) is 12.8 Å². The van der Waals surface area contributed by atoms with Crippen LogP contribution in [0, 0.1) is 0 Å². The molecule has 1 fully saturated rings. The highest BCUT2D eigenvalue weighted by Gasteiger charge is 2.16. The Labute approximate surface area is 156 Å². The highest BCUT2D eigenvalue weighted by molar-refractivity contribution is 14.0. The zero-order valence-corrected chi connectivity index (χ0v) is 16.6. The Hall–Kier alpha value is -1.18. The maximum atomic E-state index is 5.91. The van der Waals surface area contributed by atoms with Gasteiger partial charge in [0.1, 0.15) is 17.6 Å². The fraction of sp³-hybridized carbons (Fsp3) is 0.588. The largest absolute Gasteiger partial charge is 0.497 e. The van der Waals surface area contributed by atoms with Crippen molar-refractivity contribution >= 4 is 29.9 Å². The minimum atomic E-state index is 0. The lowest BCUT2D eigenvalue weighted by Crippen LogP contribution is -2.40. The molecular formula is C17H28IN3O2. The second-order valence-electron chi connectivity index (χ2n) is 5.50. The fourth-order valence-corrected chi connectivity index (χ4v) is 2.51. The Morgan fingerprint density at radius 3 is 2.65 bits per heavy atom. The molecule has 1 N–H and O–H groups in total. The van der Waals surface area contributed by atoms with Crippen molar-refractivity contribution in [1.29, 1.82) is 0 Å². The van der Waals surface area contributed by atoms with E-state index in [9.17, 15) is 0 Å². The molecule has 23 heavy (non-hydrogen) atoms. The van der Waals surface area contributed by atoms with Crippen molar-refractivity contribution in [3.8, 4) is 11.5 Å². The molecule has 130 valence electrons. The number of halogens is 1. The van der Waals surface area contributed by atoms with Crippen LogP contribution in [0.25, 0.3) is 0 Å². The lowest BCUT2D eigenvalue weighted by Gasteiger charge is -2.21. The number of nitrogens with zero attached hydrogens (tertiary/aromatic N) is 2. The Morgan fingerprint density at radius 2 is 2.00 bits per heavy atom. The average Bonchev–Trinajstić information content (AvgIpc) is 3.06. The number of ether oxygens (including phenoxy) is 2. The van der Waals surface area contributed by atoms with Crippen LogP contribution in [-0.2, 0) is 0 Å². The van der Waals surface area contributed by atoms with Gasteiger partial charge in [0.25, 0.3) is 0 Å². The van der Waals surface area contributed by atoms with Gasteiger partial charge in [-0.1, -0.05) is 6.07 Å². The molecule has 1 aliphatic heterocycles. The molecule has 5 nitrogen and oxygen atoms in total. The van der Waals surface area contributed by atoms with Gasteiger partial charge in [-0.25, -0.2) is 4.99 Å². The van der Waals surface area contributed by atoms with E-state index in [4.69, 9.17) is 14.5 Å². The molecule has 6 heteroatoms. The summed E-state index contributed by atoms with van der Waals surface area (Å²) in [6.07, 6.45) is 2.52. The molecule has 0 radical (unpaired) electrons. The number of rotatable bonds is 6. The molecule has 1 aliphatic rings. The number of methoxy groups -OCH3 is 1. The van der Waals surface area contributed by atoms with Gasteiger partial charge in [0, 0.05) is 25.7 Å². The molecule has 1 unspecified atom stereocenters. The van der Waals surface area contributed by atoms with Crippen molar-refractivity contribution in [2.24, 2.45) is 4.99 Å². The van der Waals surface area contributed by atoms with Gasteiger partial charge in [-0.3, -0.25) is 0 Å². The summed E-state index contributed by atoms with van der Waals surface area (Å²) in [5, 5.41) is 3.36. The van der Waals surface area contributed by atoms with Gasteiger partial charge in [-0.2, -0.15) is 0 Å². The number of nitrogens with one attached hydrogen (secondary N) is 1. The Morgan fingerprint density at radius 1 is 1.30 bits per heavy atom. The van der Waals surface area contributed by atoms with Crippen LogP contribution in [-0.4, -0.2) is 50.3 Å². The second-order valence-corrected chi connectivity index (χ2v) is 5.50. The molecule has 0 saturated carbocycles. The van der Waals surface area contributed by atoms with Gasteiger partial charge in [0.15, 0.2) is 5.96 Å². The molecule has 0 aliphatic carbocycles. The second kappa shape index (κ2) is 10.6. The third-order valence-electron chi connectivity index (χ3n) is 3.62. The highest BCUT2D eigenvalue weighted by atomic mass is 127. The number of benzene rings is 1. The van der Waals surface area contributed by atoms with Crippen molar-refractivity contribution < 1.29 is 9.47 Å². The van der Waals surface area contributed by atoms with E-state index in [0.29, 0.717) is 6.54 Å². The van der Waals surface area contributed by atoms with Crippen LogP contribution >= 0.6 is 24.0 Å². The number of hydrogen-bond acceptors (Lipinski definition) is 3. The average molecular weight is 433 g/mol. The van der Waals surface area contributed by atoms with E-state index in [0.717, 1.165) is 37.1 Å². The summed E-state index contributed by atoms with van der Waals surface area (Å²) in [6.45, 7) is 7.85. The van der Waals surface area contributed by atoms with E-state index in [1.807, 2.05) is 31.2 Å². The molecule has 0 spiro atoms. The summed E-state index contributed by atoms with van der Waals surface area (Å²) in [7, 11) is 1.66. The summed E-state index contributed by atoms with van der Waals surface area (Å²) in [5.41, 5.74) is 0. The minimum Gasteiger partial charge on any atom is -0.497 e. The number of aliphatic imine (C=N–C) groups is 1. The molecule has 0 bridgehead atoms. The Kier molecular flexibility index (Phi) is 9.13. The van der Waals surface area contributed by atoms with Gasteiger partial charge < -0.3 is 19.7 Å². The fourth-order valence-electron chi connectivity index (χ4n) is 2.51. The van der Waals surface area contributed by atoms with Crippen molar-refractivity contribution in [3.63, 3.8) is 0 Å².